The second-order valence-corrected chi connectivity index (χ2v) is 4.99. The lowest BCUT2D eigenvalue weighted by atomic mass is 10.0. The fraction of sp³-hybridized carbons (Fsp3) is 0.250. The molecule has 0 bridgehead atoms. The van der Waals surface area contributed by atoms with Gasteiger partial charge >= 0.3 is 5.97 Å². The maximum Gasteiger partial charge on any atom is 0.325 e. The number of aliphatic carboxylic acids is 1. The largest absolute Gasteiger partial charge is 0.480 e. The van der Waals surface area contributed by atoms with Crippen LogP contribution in [0, 0.1) is 6.92 Å². The summed E-state index contributed by atoms with van der Waals surface area (Å²) in [5, 5.41) is 14.4. The predicted octanol–water partition coefficient (Wildman–Crippen LogP) is 3.19. The fourth-order valence-electron chi connectivity index (χ4n) is 2.43. The van der Waals surface area contributed by atoms with Gasteiger partial charge in [-0.3, -0.25) is 9.48 Å². The lowest BCUT2D eigenvalue weighted by Gasteiger charge is -2.06. The van der Waals surface area contributed by atoms with Gasteiger partial charge in [-0.2, -0.15) is 5.10 Å². The summed E-state index contributed by atoms with van der Waals surface area (Å²) in [5.41, 5.74) is 4.60. The lowest BCUT2D eigenvalue weighted by molar-refractivity contribution is -0.137. The number of hydrogen-bond acceptors (Lipinski definition) is 2. The Hall–Kier alpha value is -2.36. The molecule has 4 nitrogen and oxygen atoms in total. The van der Waals surface area contributed by atoms with Crippen molar-refractivity contribution in [2.45, 2.75) is 26.8 Å². The number of nitrogens with zero attached hydrogens (tertiary/aromatic N) is 2. The van der Waals surface area contributed by atoms with Crippen LogP contribution in [-0.2, 0) is 17.8 Å². The summed E-state index contributed by atoms with van der Waals surface area (Å²) in [6.07, 6.45) is 2.49. The molecule has 0 aliphatic rings. The van der Waals surface area contributed by atoms with Crippen LogP contribution in [0.25, 0.3) is 16.5 Å². The summed E-state index contributed by atoms with van der Waals surface area (Å²) in [5.74, 6) is -0.909. The van der Waals surface area contributed by atoms with Crippen LogP contribution in [0.2, 0.25) is 0 Å². The van der Waals surface area contributed by atoms with Crippen LogP contribution < -0.4 is 0 Å². The minimum absolute atomic E-state index is 0.156. The van der Waals surface area contributed by atoms with Gasteiger partial charge in [0.1, 0.15) is 6.54 Å². The first-order chi connectivity index (χ1) is 9.43. The number of benzene rings is 1. The molecule has 0 unspecified atom stereocenters. The highest BCUT2D eigenvalue weighted by Gasteiger charge is 2.16. The van der Waals surface area contributed by atoms with Gasteiger partial charge in [0.15, 0.2) is 0 Å². The third-order valence-corrected chi connectivity index (χ3v) is 3.12. The first-order valence-corrected chi connectivity index (χ1v) is 6.42. The molecule has 0 radical (unpaired) electrons. The number of allylic oxidation sites excluding steroid dienone is 2. The van der Waals surface area contributed by atoms with E-state index in [-0.39, 0.29) is 6.54 Å². The molecule has 1 N–H and O–H groups in total. The third-order valence-electron chi connectivity index (χ3n) is 3.12. The van der Waals surface area contributed by atoms with Crippen LogP contribution in [0.3, 0.4) is 0 Å². The third kappa shape index (κ3) is 2.50. The van der Waals surface area contributed by atoms with E-state index in [0.717, 1.165) is 33.3 Å². The van der Waals surface area contributed by atoms with Gasteiger partial charge in [0.05, 0.1) is 11.2 Å². The zero-order chi connectivity index (χ0) is 14.9. The number of aromatic nitrogens is 2. The molecule has 0 amide bonds. The SMILES string of the molecule is C=CCc1cc(C)cc2c(C(=C)C)nn(CC(=O)O)c12. The van der Waals surface area contributed by atoms with Crippen LogP contribution >= 0.6 is 0 Å². The molecule has 0 saturated carbocycles. The molecule has 4 heteroatoms. The number of aryl methyl sites for hydroxylation is 1. The standard InChI is InChI=1S/C16H18N2O2/c1-5-6-12-7-11(4)8-13-15(10(2)3)17-18(16(12)13)9-14(19)20/h5,7-8H,1-2,6,9H2,3-4H3,(H,19,20). The lowest BCUT2D eigenvalue weighted by Crippen LogP contribution is -2.11. The van der Waals surface area contributed by atoms with Crippen LogP contribution in [0.1, 0.15) is 23.7 Å². The van der Waals surface area contributed by atoms with Crippen LogP contribution in [0.4, 0.5) is 0 Å². The molecule has 1 aromatic carbocycles. The molecule has 0 aliphatic carbocycles. The van der Waals surface area contributed by atoms with E-state index < -0.39 is 5.97 Å². The van der Waals surface area contributed by atoms with E-state index in [1.165, 1.54) is 0 Å². The van der Waals surface area contributed by atoms with Gasteiger partial charge in [-0.25, -0.2) is 0 Å². The van der Waals surface area contributed by atoms with Crippen molar-refractivity contribution in [1.82, 2.24) is 9.78 Å². The van der Waals surface area contributed by atoms with Crippen molar-refractivity contribution < 1.29 is 9.90 Å². The minimum atomic E-state index is -0.909. The van der Waals surface area contributed by atoms with E-state index in [1.807, 2.05) is 32.1 Å². The first kappa shape index (κ1) is 14.1. The Morgan fingerprint density at radius 2 is 2.20 bits per heavy atom. The molecule has 2 aromatic rings. The van der Waals surface area contributed by atoms with Crippen LogP contribution in [0.5, 0.6) is 0 Å². The fourth-order valence-corrected chi connectivity index (χ4v) is 2.43. The van der Waals surface area contributed by atoms with E-state index in [2.05, 4.69) is 18.3 Å². The molecular weight excluding hydrogens is 252 g/mol. The Balaban J connectivity index is 2.81. The molecular formula is C16H18N2O2. The maximum absolute atomic E-state index is 11.0. The molecule has 0 aliphatic heterocycles. The molecule has 2 rings (SSSR count). The number of fused-ring (bicyclic) bond motifs is 1. The highest BCUT2D eigenvalue weighted by Crippen LogP contribution is 2.28. The van der Waals surface area contributed by atoms with Crippen LogP contribution in [-0.4, -0.2) is 20.9 Å². The molecule has 0 atom stereocenters. The molecule has 104 valence electrons. The van der Waals surface area contributed by atoms with E-state index in [1.54, 1.807) is 4.68 Å². The van der Waals surface area contributed by atoms with Crippen molar-refractivity contribution in [3.05, 3.63) is 48.2 Å². The van der Waals surface area contributed by atoms with Gasteiger partial charge in [-0.15, -0.1) is 6.58 Å². The Labute approximate surface area is 118 Å². The Morgan fingerprint density at radius 3 is 2.75 bits per heavy atom. The quantitative estimate of drug-likeness (QED) is 0.849. The molecule has 0 saturated heterocycles. The summed E-state index contributed by atoms with van der Waals surface area (Å²) in [4.78, 5) is 11.0. The number of hydrogen-bond donors (Lipinski definition) is 1. The average Bonchev–Trinajstić information content (AvgIpc) is 2.67. The topological polar surface area (TPSA) is 55.1 Å². The van der Waals surface area contributed by atoms with Crippen molar-refractivity contribution in [2.24, 2.45) is 0 Å². The Kier molecular flexibility index (Phi) is 3.74. The summed E-state index contributed by atoms with van der Waals surface area (Å²) >= 11 is 0. The van der Waals surface area contributed by atoms with Gasteiger partial charge in [0.2, 0.25) is 0 Å². The Bertz CT molecular complexity index is 711. The molecule has 0 fully saturated rings. The Morgan fingerprint density at radius 1 is 1.50 bits per heavy atom. The second kappa shape index (κ2) is 5.33. The molecule has 20 heavy (non-hydrogen) atoms. The van der Waals surface area contributed by atoms with Gasteiger partial charge in [0, 0.05) is 5.39 Å². The minimum Gasteiger partial charge on any atom is -0.480 e. The summed E-state index contributed by atoms with van der Waals surface area (Å²) in [6, 6.07) is 4.07. The average molecular weight is 270 g/mol. The normalized spacial score (nSPS) is 10.7. The van der Waals surface area contributed by atoms with Gasteiger partial charge in [-0.05, 0) is 37.5 Å². The van der Waals surface area contributed by atoms with Crippen molar-refractivity contribution in [1.29, 1.82) is 0 Å². The van der Waals surface area contributed by atoms with Gasteiger partial charge in [-0.1, -0.05) is 24.3 Å². The van der Waals surface area contributed by atoms with E-state index in [0.29, 0.717) is 6.42 Å². The summed E-state index contributed by atoms with van der Waals surface area (Å²) in [7, 11) is 0. The van der Waals surface area contributed by atoms with Gasteiger partial charge < -0.3 is 5.11 Å². The highest BCUT2D eigenvalue weighted by atomic mass is 16.4. The van der Waals surface area contributed by atoms with Gasteiger partial charge in [0.25, 0.3) is 0 Å². The van der Waals surface area contributed by atoms with Crippen molar-refractivity contribution >= 4 is 22.4 Å². The molecule has 1 aromatic heterocycles. The summed E-state index contributed by atoms with van der Waals surface area (Å²) < 4.78 is 1.54. The number of rotatable bonds is 5. The first-order valence-electron chi connectivity index (χ1n) is 6.42. The van der Waals surface area contributed by atoms with Crippen molar-refractivity contribution in [3.63, 3.8) is 0 Å². The monoisotopic (exact) mass is 270 g/mol. The van der Waals surface area contributed by atoms with Crippen molar-refractivity contribution in [2.75, 3.05) is 0 Å². The zero-order valence-electron chi connectivity index (χ0n) is 11.8. The zero-order valence-corrected chi connectivity index (χ0v) is 11.8. The van der Waals surface area contributed by atoms with Crippen LogP contribution in [0.15, 0.2) is 31.4 Å². The number of carboxylic acid groups (broad SMARTS) is 1. The smallest absolute Gasteiger partial charge is 0.325 e. The molecule has 1 heterocycles. The second-order valence-electron chi connectivity index (χ2n) is 4.99. The number of carbonyl (C=O) groups is 1. The van der Waals surface area contributed by atoms with E-state index in [4.69, 9.17) is 5.11 Å². The van der Waals surface area contributed by atoms with E-state index in [9.17, 15) is 4.79 Å². The molecule has 0 spiro atoms. The number of carboxylic acids is 1. The van der Waals surface area contributed by atoms with Crippen molar-refractivity contribution in [3.8, 4) is 0 Å². The summed E-state index contributed by atoms with van der Waals surface area (Å²) in [6.45, 7) is 11.4. The predicted molar refractivity (Wildman–Crippen MR) is 80.7 cm³/mol. The van der Waals surface area contributed by atoms with E-state index >= 15 is 0 Å². The highest BCUT2D eigenvalue weighted by molar-refractivity contribution is 5.93. The maximum atomic E-state index is 11.0.